The van der Waals surface area contributed by atoms with Crippen LogP contribution in [0.4, 0.5) is 5.69 Å². The van der Waals surface area contributed by atoms with Gasteiger partial charge in [0.15, 0.2) is 0 Å². The third-order valence-corrected chi connectivity index (χ3v) is 3.87. The van der Waals surface area contributed by atoms with Gasteiger partial charge in [0.05, 0.1) is 17.6 Å². The maximum atomic E-state index is 12.0. The van der Waals surface area contributed by atoms with Gasteiger partial charge in [0, 0.05) is 18.8 Å². The number of sulfonamides is 1. The molecule has 6 heteroatoms. The smallest absolute Gasteiger partial charge is 0.240 e. The highest BCUT2D eigenvalue weighted by Gasteiger charge is 2.12. The minimum absolute atomic E-state index is 0.101. The molecule has 0 amide bonds. The molecule has 0 fully saturated rings. The molecule has 0 aliphatic carbocycles. The van der Waals surface area contributed by atoms with Gasteiger partial charge in [-0.05, 0) is 45.0 Å². The van der Waals surface area contributed by atoms with Gasteiger partial charge < -0.3 is 10.1 Å². The van der Waals surface area contributed by atoms with E-state index in [1.54, 1.807) is 24.3 Å². The van der Waals surface area contributed by atoms with E-state index in [1.165, 1.54) is 0 Å². The quantitative estimate of drug-likeness (QED) is 0.715. The van der Waals surface area contributed by atoms with Crippen molar-refractivity contribution in [3.63, 3.8) is 0 Å². The summed E-state index contributed by atoms with van der Waals surface area (Å²) in [6.45, 7) is 7.25. The van der Waals surface area contributed by atoms with Gasteiger partial charge in [-0.25, -0.2) is 13.1 Å². The average Bonchev–Trinajstić information content (AvgIpc) is 2.36. The predicted octanol–water partition coefficient (Wildman–Crippen LogP) is 1.82. The summed E-state index contributed by atoms with van der Waals surface area (Å²) in [7, 11) is -3.45. The molecule has 0 aromatic heterocycles. The minimum Gasteiger partial charge on any atom is -0.385 e. The molecule has 19 heavy (non-hydrogen) atoms. The van der Waals surface area contributed by atoms with E-state index in [2.05, 4.69) is 10.0 Å². The molecule has 0 unspecified atom stereocenters. The maximum Gasteiger partial charge on any atom is 0.240 e. The van der Waals surface area contributed by atoms with Gasteiger partial charge in [-0.3, -0.25) is 0 Å². The molecule has 0 saturated heterocycles. The molecule has 0 atom stereocenters. The molecule has 1 aromatic rings. The standard InChI is InChI=1S/C13H22N2O3S/c1-4-14-12-5-7-13(8-6-12)19(16,17)15-9-10-18-11(2)3/h5-8,11,14-15H,4,9-10H2,1-3H3. The van der Waals surface area contributed by atoms with Crippen LogP contribution in [-0.4, -0.2) is 34.2 Å². The molecule has 0 radical (unpaired) electrons. The summed E-state index contributed by atoms with van der Waals surface area (Å²) in [5.41, 5.74) is 0.907. The van der Waals surface area contributed by atoms with Crippen molar-refractivity contribution in [2.24, 2.45) is 0 Å². The summed E-state index contributed by atoms with van der Waals surface area (Å²) in [4.78, 5) is 0.263. The van der Waals surface area contributed by atoms with E-state index in [9.17, 15) is 8.42 Å². The molecule has 0 spiro atoms. The van der Waals surface area contributed by atoms with Crippen molar-refractivity contribution in [1.82, 2.24) is 4.72 Å². The van der Waals surface area contributed by atoms with Crippen molar-refractivity contribution < 1.29 is 13.2 Å². The predicted molar refractivity (Wildman–Crippen MR) is 76.9 cm³/mol. The third-order valence-electron chi connectivity index (χ3n) is 2.39. The fourth-order valence-electron chi connectivity index (χ4n) is 1.51. The first-order chi connectivity index (χ1) is 8.95. The lowest BCUT2D eigenvalue weighted by Crippen LogP contribution is -2.28. The van der Waals surface area contributed by atoms with E-state index < -0.39 is 10.0 Å². The first-order valence-corrected chi connectivity index (χ1v) is 7.89. The van der Waals surface area contributed by atoms with Crippen LogP contribution in [0.3, 0.4) is 0 Å². The number of rotatable bonds is 8. The Morgan fingerprint density at radius 1 is 1.21 bits per heavy atom. The molecule has 108 valence electrons. The fraction of sp³-hybridized carbons (Fsp3) is 0.538. The van der Waals surface area contributed by atoms with Crippen LogP contribution in [0.2, 0.25) is 0 Å². The van der Waals surface area contributed by atoms with Crippen molar-refractivity contribution in [2.45, 2.75) is 31.8 Å². The van der Waals surface area contributed by atoms with Gasteiger partial charge >= 0.3 is 0 Å². The Morgan fingerprint density at radius 2 is 1.84 bits per heavy atom. The van der Waals surface area contributed by atoms with Crippen LogP contribution in [-0.2, 0) is 14.8 Å². The van der Waals surface area contributed by atoms with Crippen LogP contribution in [0.5, 0.6) is 0 Å². The number of hydrogen-bond acceptors (Lipinski definition) is 4. The Balaban J connectivity index is 2.56. The molecule has 1 rings (SSSR count). The Kier molecular flexibility index (Phi) is 6.27. The first kappa shape index (κ1) is 15.9. The molecule has 5 nitrogen and oxygen atoms in total. The van der Waals surface area contributed by atoms with Crippen molar-refractivity contribution >= 4 is 15.7 Å². The zero-order valence-corrected chi connectivity index (χ0v) is 12.5. The van der Waals surface area contributed by atoms with Gasteiger partial charge in [0.1, 0.15) is 0 Å². The van der Waals surface area contributed by atoms with Crippen LogP contribution < -0.4 is 10.0 Å². The molecule has 0 aliphatic heterocycles. The van der Waals surface area contributed by atoms with E-state index in [1.807, 2.05) is 20.8 Å². The van der Waals surface area contributed by atoms with Crippen LogP contribution in [0.25, 0.3) is 0 Å². The van der Waals surface area contributed by atoms with E-state index in [4.69, 9.17) is 4.74 Å². The average molecular weight is 286 g/mol. The van der Waals surface area contributed by atoms with Gasteiger partial charge in [0.25, 0.3) is 0 Å². The zero-order valence-electron chi connectivity index (χ0n) is 11.6. The highest BCUT2D eigenvalue weighted by atomic mass is 32.2. The van der Waals surface area contributed by atoms with E-state index in [-0.39, 0.29) is 17.5 Å². The van der Waals surface area contributed by atoms with Gasteiger partial charge in [-0.15, -0.1) is 0 Å². The topological polar surface area (TPSA) is 67.4 Å². The number of hydrogen-bond donors (Lipinski definition) is 2. The number of ether oxygens (including phenoxy) is 1. The summed E-state index contributed by atoms with van der Waals surface area (Å²) < 4.78 is 31.7. The summed E-state index contributed by atoms with van der Waals surface area (Å²) in [6, 6.07) is 6.68. The lowest BCUT2D eigenvalue weighted by Gasteiger charge is -2.10. The molecule has 1 aromatic carbocycles. The largest absolute Gasteiger partial charge is 0.385 e. The van der Waals surface area contributed by atoms with Gasteiger partial charge in [-0.2, -0.15) is 0 Å². The number of benzene rings is 1. The second-order valence-corrected chi connectivity index (χ2v) is 6.14. The Morgan fingerprint density at radius 3 is 2.37 bits per heavy atom. The van der Waals surface area contributed by atoms with Crippen LogP contribution >= 0.6 is 0 Å². The summed E-state index contributed by atoms with van der Waals surface area (Å²) in [5.74, 6) is 0. The molecule has 0 bridgehead atoms. The normalized spacial score (nSPS) is 11.8. The fourth-order valence-corrected chi connectivity index (χ4v) is 2.52. The highest BCUT2D eigenvalue weighted by Crippen LogP contribution is 2.13. The zero-order chi connectivity index (χ0) is 14.3. The SMILES string of the molecule is CCNc1ccc(S(=O)(=O)NCCOC(C)C)cc1. The van der Waals surface area contributed by atoms with E-state index in [0.29, 0.717) is 6.61 Å². The maximum absolute atomic E-state index is 12.0. The van der Waals surface area contributed by atoms with Crippen molar-refractivity contribution in [3.8, 4) is 0 Å². The third kappa shape index (κ3) is 5.59. The lowest BCUT2D eigenvalue weighted by molar-refractivity contribution is 0.0834. The Labute approximate surface area is 115 Å². The van der Waals surface area contributed by atoms with Crippen molar-refractivity contribution in [3.05, 3.63) is 24.3 Å². The number of nitrogens with one attached hydrogen (secondary N) is 2. The highest BCUT2D eigenvalue weighted by molar-refractivity contribution is 7.89. The summed E-state index contributed by atoms with van der Waals surface area (Å²) in [6.07, 6.45) is 0.101. The number of anilines is 1. The van der Waals surface area contributed by atoms with E-state index in [0.717, 1.165) is 12.2 Å². The summed E-state index contributed by atoms with van der Waals surface area (Å²) >= 11 is 0. The molecule has 2 N–H and O–H groups in total. The molecule has 0 saturated carbocycles. The molecule has 0 heterocycles. The Hall–Kier alpha value is -1.11. The second kappa shape index (κ2) is 7.47. The minimum atomic E-state index is -3.45. The Bertz CT molecular complexity index is 469. The van der Waals surface area contributed by atoms with Crippen molar-refractivity contribution in [1.29, 1.82) is 0 Å². The van der Waals surface area contributed by atoms with Crippen molar-refractivity contribution in [2.75, 3.05) is 25.0 Å². The monoisotopic (exact) mass is 286 g/mol. The van der Waals surface area contributed by atoms with Crippen LogP contribution in [0.15, 0.2) is 29.2 Å². The van der Waals surface area contributed by atoms with E-state index >= 15 is 0 Å². The van der Waals surface area contributed by atoms with Crippen LogP contribution in [0.1, 0.15) is 20.8 Å². The van der Waals surface area contributed by atoms with Gasteiger partial charge in [-0.1, -0.05) is 0 Å². The lowest BCUT2D eigenvalue weighted by atomic mass is 10.3. The molecular formula is C13H22N2O3S. The first-order valence-electron chi connectivity index (χ1n) is 6.41. The molecular weight excluding hydrogens is 264 g/mol. The summed E-state index contributed by atoms with van der Waals surface area (Å²) in [5, 5.41) is 3.12. The second-order valence-electron chi connectivity index (χ2n) is 4.37. The van der Waals surface area contributed by atoms with Gasteiger partial charge in [0.2, 0.25) is 10.0 Å². The van der Waals surface area contributed by atoms with Crippen LogP contribution in [0, 0.1) is 0 Å². The molecule has 0 aliphatic rings.